The second-order valence-corrected chi connectivity index (χ2v) is 5.91. The van der Waals surface area contributed by atoms with Gasteiger partial charge in [0.05, 0.1) is 22.7 Å². The Morgan fingerprint density at radius 2 is 1.76 bits per heavy atom. The SMILES string of the molecule is O=C1C[C@H](Nc2ccccc2)C(=O)N1c1cc(C(F)(F)F)ccc1Cl. The largest absolute Gasteiger partial charge is 0.416 e. The first-order valence-corrected chi connectivity index (χ1v) is 7.70. The Kier molecular flexibility index (Phi) is 4.43. The molecule has 0 aliphatic carbocycles. The van der Waals surface area contributed by atoms with Crippen LogP contribution in [-0.2, 0) is 15.8 Å². The van der Waals surface area contributed by atoms with Crippen molar-refractivity contribution in [2.24, 2.45) is 0 Å². The van der Waals surface area contributed by atoms with Crippen LogP contribution in [-0.4, -0.2) is 17.9 Å². The van der Waals surface area contributed by atoms with E-state index in [2.05, 4.69) is 5.32 Å². The molecule has 25 heavy (non-hydrogen) atoms. The molecular weight excluding hydrogens is 357 g/mol. The van der Waals surface area contributed by atoms with E-state index in [1.165, 1.54) is 0 Å². The van der Waals surface area contributed by atoms with E-state index in [-0.39, 0.29) is 17.1 Å². The Labute approximate surface area is 146 Å². The van der Waals surface area contributed by atoms with Crippen LogP contribution in [0.2, 0.25) is 5.02 Å². The van der Waals surface area contributed by atoms with E-state index in [0.717, 1.165) is 12.1 Å². The number of imide groups is 1. The van der Waals surface area contributed by atoms with E-state index in [1.54, 1.807) is 30.3 Å². The van der Waals surface area contributed by atoms with Crippen LogP contribution in [0.25, 0.3) is 0 Å². The Morgan fingerprint density at radius 3 is 2.40 bits per heavy atom. The highest BCUT2D eigenvalue weighted by Crippen LogP contribution is 2.37. The van der Waals surface area contributed by atoms with E-state index in [9.17, 15) is 22.8 Å². The van der Waals surface area contributed by atoms with Crippen LogP contribution in [0.1, 0.15) is 12.0 Å². The molecule has 1 atom stereocenters. The van der Waals surface area contributed by atoms with Gasteiger partial charge in [0, 0.05) is 5.69 Å². The predicted molar refractivity (Wildman–Crippen MR) is 87.4 cm³/mol. The fraction of sp³-hybridized carbons (Fsp3) is 0.176. The Hall–Kier alpha value is -2.54. The van der Waals surface area contributed by atoms with Gasteiger partial charge in [-0.05, 0) is 30.3 Å². The molecule has 0 aromatic heterocycles. The number of benzene rings is 2. The first-order valence-electron chi connectivity index (χ1n) is 7.32. The van der Waals surface area contributed by atoms with Crippen molar-refractivity contribution in [3.63, 3.8) is 0 Å². The molecule has 2 amide bonds. The molecule has 0 spiro atoms. The highest BCUT2D eigenvalue weighted by atomic mass is 35.5. The molecule has 4 nitrogen and oxygen atoms in total. The molecule has 0 radical (unpaired) electrons. The Morgan fingerprint density at radius 1 is 1.08 bits per heavy atom. The molecule has 0 unspecified atom stereocenters. The van der Waals surface area contributed by atoms with Crippen molar-refractivity contribution in [3.8, 4) is 0 Å². The molecule has 8 heteroatoms. The lowest BCUT2D eigenvalue weighted by Gasteiger charge is -2.19. The van der Waals surface area contributed by atoms with Crippen LogP contribution in [0.4, 0.5) is 24.5 Å². The number of carbonyl (C=O) groups is 2. The third kappa shape index (κ3) is 3.46. The number of hydrogen-bond donors (Lipinski definition) is 1. The van der Waals surface area contributed by atoms with Crippen molar-refractivity contribution in [1.82, 2.24) is 0 Å². The highest BCUT2D eigenvalue weighted by Gasteiger charge is 2.41. The van der Waals surface area contributed by atoms with Crippen LogP contribution in [0.5, 0.6) is 0 Å². The van der Waals surface area contributed by atoms with E-state index in [0.29, 0.717) is 16.7 Å². The van der Waals surface area contributed by atoms with Crippen molar-refractivity contribution in [1.29, 1.82) is 0 Å². The molecule has 1 N–H and O–H groups in total. The zero-order valence-corrected chi connectivity index (χ0v) is 13.4. The number of carbonyl (C=O) groups excluding carboxylic acids is 2. The quantitative estimate of drug-likeness (QED) is 0.830. The molecule has 1 heterocycles. The number of hydrogen-bond acceptors (Lipinski definition) is 3. The third-order valence-corrected chi connectivity index (χ3v) is 4.10. The molecule has 2 aromatic rings. The maximum Gasteiger partial charge on any atom is 0.416 e. The summed E-state index contributed by atoms with van der Waals surface area (Å²) in [6.07, 6.45) is -4.77. The van der Waals surface area contributed by atoms with Crippen LogP contribution in [0, 0.1) is 0 Å². The molecule has 3 rings (SSSR count). The summed E-state index contributed by atoms with van der Waals surface area (Å²) in [4.78, 5) is 25.5. The van der Waals surface area contributed by atoms with Gasteiger partial charge in [-0.3, -0.25) is 9.59 Å². The summed E-state index contributed by atoms with van der Waals surface area (Å²) in [5.74, 6) is -1.25. The van der Waals surface area contributed by atoms with Crippen molar-refractivity contribution in [2.45, 2.75) is 18.6 Å². The predicted octanol–water partition coefficient (Wildman–Crippen LogP) is 4.10. The van der Waals surface area contributed by atoms with E-state index in [4.69, 9.17) is 11.6 Å². The topological polar surface area (TPSA) is 49.4 Å². The van der Waals surface area contributed by atoms with Crippen LogP contribution in [0.3, 0.4) is 0 Å². The molecule has 1 fully saturated rings. The highest BCUT2D eigenvalue weighted by molar-refractivity contribution is 6.36. The number of alkyl halides is 3. The third-order valence-electron chi connectivity index (χ3n) is 3.78. The number of anilines is 2. The fourth-order valence-corrected chi connectivity index (χ4v) is 2.80. The number of nitrogens with zero attached hydrogens (tertiary/aromatic N) is 1. The van der Waals surface area contributed by atoms with E-state index < -0.39 is 29.6 Å². The zero-order chi connectivity index (χ0) is 18.2. The van der Waals surface area contributed by atoms with Gasteiger partial charge < -0.3 is 5.32 Å². The average molecular weight is 369 g/mol. The van der Waals surface area contributed by atoms with Crippen LogP contribution in [0.15, 0.2) is 48.5 Å². The second kappa shape index (κ2) is 6.40. The van der Waals surface area contributed by atoms with Gasteiger partial charge in [-0.1, -0.05) is 29.8 Å². The molecule has 0 bridgehead atoms. The Balaban J connectivity index is 1.90. The van der Waals surface area contributed by atoms with E-state index >= 15 is 0 Å². The van der Waals surface area contributed by atoms with Crippen molar-refractivity contribution < 1.29 is 22.8 Å². The first kappa shape index (κ1) is 17.3. The maximum absolute atomic E-state index is 12.9. The minimum absolute atomic E-state index is 0.102. The van der Waals surface area contributed by atoms with Gasteiger partial charge in [0.1, 0.15) is 6.04 Å². The maximum atomic E-state index is 12.9. The van der Waals surface area contributed by atoms with Crippen molar-refractivity contribution in [3.05, 3.63) is 59.1 Å². The summed E-state index contributed by atoms with van der Waals surface area (Å²) in [6, 6.07) is 10.4. The number of halogens is 4. The monoisotopic (exact) mass is 368 g/mol. The summed E-state index contributed by atoms with van der Waals surface area (Å²) < 4.78 is 38.7. The summed E-state index contributed by atoms with van der Waals surface area (Å²) >= 11 is 5.93. The summed E-state index contributed by atoms with van der Waals surface area (Å²) in [5.41, 5.74) is -0.610. The molecule has 2 aromatic carbocycles. The van der Waals surface area contributed by atoms with Gasteiger partial charge in [0.2, 0.25) is 5.91 Å². The average Bonchev–Trinajstić information content (AvgIpc) is 2.82. The molecule has 1 aliphatic rings. The van der Waals surface area contributed by atoms with Gasteiger partial charge in [0.25, 0.3) is 5.91 Å². The summed E-state index contributed by atoms with van der Waals surface area (Å²) in [7, 11) is 0. The lowest BCUT2D eigenvalue weighted by molar-refractivity contribution is -0.137. The number of para-hydroxylation sites is 1. The zero-order valence-electron chi connectivity index (χ0n) is 12.7. The van der Waals surface area contributed by atoms with Crippen molar-refractivity contribution in [2.75, 3.05) is 10.2 Å². The first-order chi connectivity index (χ1) is 11.8. The van der Waals surface area contributed by atoms with Crippen LogP contribution >= 0.6 is 11.6 Å². The molecule has 130 valence electrons. The number of rotatable bonds is 3. The van der Waals surface area contributed by atoms with Gasteiger partial charge in [-0.15, -0.1) is 0 Å². The van der Waals surface area contributed by atoms with Crippen LogP contribution < -0.4 is 10.2 Å². The fourth-order valence-electron chi connectivity index (χ4n) is 2.59. The summed E-state index contributed by atoms with van der Waals surface area (Å²) in [6.45, 7) is 0. The molecular formula is C17H12ClF3N2O2. The lowest BCUT2D eigenvalue weighted by Crippen LogP contribution is -2.35. The van der Waals surface area contributed by atoms with Gasteiger partial charge >= 0.3 is 6.18 Å². The lowest BCUT2D eigenvalue weighted by atomic mass is 10.2. The van der Waals surface area contributed by atoms with Crippen molar-refractivity contribution >= 4 is 34.8 Å². The molecule has 1 aliphatic heterocycles. The standard InChI is InChI=1S/C17H12ClF3N2O2/c18-12-7-6-10(17(19,20)21)8-14(12)23-15(24)9-13(16(23)25)22-11-4-2-1-3-5-11/h1-8,13,22H,9H2/t13-/m0/s1. The Bertz CT molecular complexity index is 824. The minimum Gasteiger partial charge on any atom is -0.373 e. The second-order valence-electron chi connectivity index (χ2n) is 5.50. The van der Waals surface area contributed by atoms with Gasteiger partial charge in [-0.2, -0.15) is 13.2 Å². The normalized spacial score (nSPS) is 17.9. The smallest absolute Gasteiger partial charge is 0.373 e. The van der Waals surface area contributed by atoms with Gasteiger partial charge in [0.15, 0.2) is 0 Å². The minimum atomic E-state index is -4.60. The number of nitrogens with one attached hydrogen (secondary N) is 1. The van der Waals surface area contributed by atoms with Gasteiger partial charge in [-0.25, -0.2) is 4.90 Å². The molecule has 1 saturated heterocycles. The summed E-state index contributed by atoms with van der Waals surface area (Å²) in [5, 5.41) is 2.81. The molecule has 0 saturated carbocycles. The number of amides is 2. The van der Waals surface area contributed by atoms with E-state index in [1.807, 2.05) is 0 Å².